The zero-order valence-corrected chi connectivity index (χ0v) is 13.6. The molecule has 1 unspecified atom stereocenters. The molecule has 22 heavy (non-hydrogen) atoms. The summed E-state index contributed by atoms with van der Waals surface area (Å²) >= 11 is 1.82. The minimum Gasteiger partial charge on any atom is -0.368 e. The first-order valence-corrected chi connectivity index (χ1v) is 8.87. The van der Waals surface area contributed by atoms with Crippen LogP contribution < -0.4 is 0 Å². The third-order valence-corrected chi connectivity index (χ3v) is 5.36. The third kappa shape index (κ3) is 2.93. The lowest BCUT2D eigenvalue weighted by molar-refractivity contribution is -0.0391. The summed E-state index contributed by atoms with van der Waals surface area (Å²) in [6.45, 7) is 6.42. The molecule has 1 saturated carbocycles. The van der Waals surface area contributed by atoms with Gasteiger partial charge in [0.1, 0.15) is 12.4 Å². The summed E-state index contributed by atoms with van der Waals surface area (Å²) in [4.78, 5) is 7.20. The number of nitrogens with zero attached hydrogens (tertiary/aromatic N) is 5. The van der Waals surface area contributed by atoms with E-state index in [0.29, 0.717) is 0 Å². The van der Waals surface area contributed by atoms with Crippen molar-refractivity contribution in [3.8, 4) is 0 Å². The van der Waals surface area contributed by atoms with Crippen LogP contribution in [0.2, 0.25) is 0 Å². The number of hydrogen-bond donors (Lipinski definition) is 0. The average Bonchev–Trinajstić information content (AvgIpc) is 3.10. The van der Waals surface area contributed by atoms with Crippen LogP contribution in [0.4, 0.5) is 0 Å². The largest absolute Gasteiger partial charge is 0.368 e. The second kappa shape index (κ2) is 6.06. The molecule has 0 spiro atoms. The van der Waals surface area contributed by atoms with Gasteiger partial charge in [0.25, 0.3) is 0 Å². The monoisotopic (exact) mass is 319 g/mol. The van der Waals surface area contributed by atoms with Crippen LogP contribution in [0.25, 0.3) is 0 Å². The van der Waals surface area contributed by atoms with E-state index in [0.717, 1.165) is 44.5 Å². The van der Waals surface area contributed by atoms with Crippen LogP contribution in [0.3, 0.4) is 0 Å². The number of thiazole rings is 1. The van der Waals surface area contributed by atoms with Gasteiger partial charge in [0.2, 0.25) is 0 Å². The van der Waals surface area contributed by atoms with E-state index in [9.17, 15) is 0 Å². The van der Waals surface area contributed by atoms with Crippen LogP contribution in [0.15, 0.2) is 11.7 Å². The lowest BCUT2D eigenvalue weighted by Crippen LogP contribution is -2.38. The van der Waals surface area contributed by atoms with E-state index in [4.69, 9.17) is 9.72 Å². The molecule has 7 heteroatoms. The van der Waals surface area contributed by atoms with Crippen LogP contribution in [-0.2, 0) is 17.8 Å². The second-order valence-corrected chi connectivity index (χ2v) is 6.91. The quantitative estimate of drug-likeness (QED) is 0.846. The maximum Gasteiger partial charge on any atom is 0.163 e. The van der Waals surface area contributed by atoms with E-state index >= 15 is 0 Å². The highest BCUT2D eigenvalue weighted by molar-refractivity contribution is 7.09. The van der Waals surface area contributed by atoms with Gasteiger partial charge in [-0.05, 0) is 19.8 Å². The van der Waals surface area contributed by atoms with Crippen molar-refractivity contribution < 1.29 is 4.74 Å². The van der Waals surface area contributed by atoms with Crippen LogP contribution in [0.5, 0.6) is 0 Å². The summed E-state index contributed by atoms with van der Waals surface area (Å²) in [6.07, 6.45) is 4.43. The average molecular weight is 319 g/mol. The molecule has 1 saturated heterocycles. The molecule has 2 aromatic heterocycles. The predicted molar refractivity (Wildman–Crippen MR) is 83.8 cm³/mol. The SMILES string of the molecule is CCn1cnnc1C1CN(Cc2csc(C3CC3)n2)CCO1. The number of ether oxygens (including phenoxy) is 1. The third-order valence-electron chi connectivity index (χ3n) is 4.31. The highest BCUT2D eigenvalue weighted by atomic mass is 32.1. The van der Waals surface area contributed by atoms with Crippen molar-refractivity contribution in [3.05, 3.63) is 28.2 Å². The van der Waals surface area contributed by atoms with Crippen LogP contribution in [0.1, 0.15) is 48.3 Å². The van der Waals surface area contributed by atoms with Gasteiger partial charge in [-0.25, -0.2) is 4.98 Å². The molecular formula is C15H21N5OS. The van der Waals surface area contributed by atoms with Gasteiger partial charge in [0.05, 0.1) is 17.3 Å². The zero-order chi connectivity index (χ0) is 14.9. The van der Waals surface area contributed by atoms with Gasteiger partial charge in [-0.1, -0.05) is 0 Å². The number of aryl methyl sites for hydroxylation is 1. The maximum absolute atomic E-state index is 5.90. The zero-order valence-electron chi connectivity index (χ0n) is 12.8. The highest BCUT2D eigenvalue weighted by Crippen LogP contribution is 2.41. The van der Waals surface area contributed by atoms with Crippen LogP contribution in [0, 0.1) is 0 Å². The molecule has 0 aromatic carbocycles. The van der Waals surface area contributed by atoms with Gasteiger partial charge in [-0.2, -0.15) is 0 Å². The molecule has 0 amide bonds. The van der Waals surface area contributed by atoms with E-state index < -0.39 is 0 Å². The molecule has 3 heterocycles. The Morgan fingerprint density at radius 3 is 3.14 bits per heavy atom. The number of morpholine rings is 1. The minimum atomic E-state index is 0.0118. The lowest BCUT2D eigenvalue weighted by Gasteiger charge is -2.31. The Morgan fingerprint density at radius 1 is 1.41 bits per heavy atom. The summed E-state index contributed by atoms with van der Waals surface area (Å²) in [5.41, 5.74) is 1.20. The normalized spacial score (nSPS) is 23.0. The van der Waals surface area contributed by atoms with Gasteiger partial charge in [-0.15, -0.1) is 21.5 Å². The Kier molecular flexibility index (Phi) is 3.94. The summed E-state index contributed by atoms with van der Waals surface area (Å²) < 4.78 is 7.96. The molecule has 0 N–H and O–H groups in total. The van der Waals surface area contributed by atoms with E-state index in [-0.39, 0.29) is 6.10 Å². The minimum absolute atomic E-state index is 0.0118. The molecule has 118 valence electrons. The van der Waals surface area contributed by atoms with E-state index in [1.165, 1.54) is 23.5 Å². The van der Waals surface area contributed by atoms with Crippen molar-refractivity contribution in [2.75, 3.05) is 19.7 Å². The van der Waals surface area contributed by atoms with Crippen LogP contribution >= 0.6 is 11.3 Å². The summed E-state index contributed by atoms with van der Waals surface area (Å²) in [7, 11) is 0. The van der Waals surface area contributed by atoms with Crippen molar-refractivity contribution >= 4 is 11.3 Å². The smallest absolute Gasteiger partial charge is 0.163 e. The van der Waals surface area contributed by atoms with Gasteiger partial charge in [-0.3, -0.25) is 4.90 Å². The molecule has 2 aromatic rings. The molecule has 1 aliphatic heterocycles. The lowest BCUT2D eigenvalue weighted by atomic mass is 10.2. The fourth-order valence-electron chi connectivity index (χ4n) is 2.90. The van der Waals surface area contributed by atoms with Crippen molar-refractivity contribution in [3.63, 3.8) is 0 Å². The fraction of sp³-hybridized carbons (Fsp3) is 0.667. The Hall–Kier alpha value is -1.31. The molecule has 4 rings (SSSR count). The predicted octanol–water partition coefficient (Wildman–Crippen LogP) is 2.21. The Bertz CT molecular complexity index is 635. The van der Waals surface area contributed by atoms with E-state index in [1.54, 1.807) is 6.33 Å². The fourth-order valence-corrected chi connectivity index (χ4v) is 3.88. The first kappa shape index (κ1) is 14.3. The topological polar surface area (TPSA) is 56.1 Å². The van der Waals surface area contributed by atoms with Crippen molar-refractivity contribution in [1.29, 1.82) is 0 Å². The summed E-state index contributed by atoms with van der Waals surface area (Å²) in [6, 6.07) is 0. The summed E-state index contributed by atoms with van der Waals surface area (Å²) in [5.74, 6) is 1.68. The first-order valence-electron chi connectivity index (χ1n) is 7.99. The Balaban J connectivity index is 1.41. The highest BCUT2D eigenvalue weighted by Gasteiger charge is 2.28. The Morgan fingerprint density at radius 2 is 2.32 bits per heavy atom. The van der Waals surface area contributed by atoms with Gasteiger partial charge in [0.15, 0.2) is 5.82 Å². The van der Waals surface area contributed by atoms with Crippen LogP contribution in [-0.4, -0.2) is 44.3 Å². The molecular weight excluding hydrogens is 298 g/mol. The second-order valence-electron chi connectivity index (χ2n) is 6.02. The number of rotatable bonds is 5. The van der Waals surface area contributed by atoms with Gasteiger partial charge < -0.3 is 9.30 Å². The molecule has 6 nitrogen and oxygen atoms in total. The standard InChI is InChI=1S/C15H21N5OS/c1-2-20-10-16-18-14(20)13-8-19(5-6-21-13)7-12-9-22-15(17-12)11-3-4-11/h9-11,13H,2-8H2,1H3. The molecule has 1 aliphatic carbocycles. The Labute approximate surface area is 134 Å². The molecule has 0 radical (unpaired) electrons. The number of aromatic nitrogens is 4. The van der Waals surface area contributed by atoms with Gasteiger partial charge >= 0.3 is 0 Å². The molecule has 0 bridgehead atoms. The summed E-state index contributed by atoms with van der Waals surface area (Å²) in [5, 5.41) is 11.8. The van der Waals surface area contributed by atoms with E-state index in [1.807, 2.05) is 11.3 Å². The number of hydrogen-bond acceptors (Lipinski definition) is 6. The first-order chi connectivity index (χ1) is 10.8. The van der Waals surface area contributed by atoms with Crippen molar-refractivity contribution in [2.24, 2.45) is 0 Å². The van der Waals surface area contributed by atoms with Crippen molar-refractivity contribution in [2.45, 2.75) is 44.9 Å². The molecule has 2 fully saturated rings. The molecule has 1 atom stereocenters. The maximum atomic E-state index is 5.90. The van der Waals surface area contributed by atoms with Crippen molar-refractivity contribution in [1.82, 2.24) is 24.6 Å². The molecule has 2 aliphatic rings. The van der Waals surface area contributed by atoms with Gasteiger partial charge in [0, 0.05) is 37.5 Å². The van der Waals surface area contributed by atoms with E-state index in [2.05, 4.69) is 32.0 Å².